The van der Waals surface area contributed by atoms with Gasteiger partial charge in [-0.3, -0.25) is 9.78 Å². The number of amides is 1. The fourth-order valence-corrected chi connectivity index (χ4v) is 8.28. The Morgan fingerprint density at radius 3 is 2.62 bits per heavy atom. The molecular formula is C38H44ClN5O3S. The molecular weight excluding hydrogens is 642 g/mol. The number of nitrogens with zero attached hydrogens (tertiary/aromatic N) is 3. The van der Waals surface area contributed by atoms with Crippen molar-refractivity contribution in [2.24, 2.45) is 17.1 Å². The van der Waals surface area contributed by atoms with Crippen molar-refractivity contribution in [3.8, 4) is 11.1 Å². The number of nitrogens with two attached hydrogens (primary N) is 1. The highest BCUT2D eigenvalue weighted by molar-refractivity contribution is 7.80. The molecule has 1 aliphatic carbocycles. The highest BCUT2D eigenvalue weighted by atomic mass is 35.5. The van der Waals surface area contributed by atoms with E-state index in [2.05, 4.69) is 44.2 Å². The molecule has 10 heteroatoms. The van der Waals surface area contributed by atoms with Crippen LogP contribution in [-0.4, -0.2) is 64.8 Å². The van der Waals surface area contributed by atoms with E-state index in [1.807, 2.05) is 30.3 Å². The molecule has 4 aromatic rings. The van der Waals surface area contributed by atoms with Gasteiger partial charge in [-0.1, -0.05) is 54.2 Å². The molecule has 1 amide bonds. The Morgan fingerprint density at radius 2 is 1.88 bits per heavy atom. The van der Waals surface area contributed by atoms with Crippen LogP contribution in [0.2, 0.25) is 5.02 Å². The average Bonchev–Trinajstić information content (AvgIpc) is 3.50. The maximum Gasteiger partial charge on any atom is 0.223 e. The molecule has 48 heavy (non-hydrogen) atoms. The molecule has 3 aliphatic rings. The van der Waals surface area contributed by atoms with Crippen LogP contribution in [0.4, 0.5) is 0 Å². The van der Waals surface area contributed by atoms with Crippen LogP contribution in [0.1, 0.15) is 61.3 Å². The number of carbonyl (C=O) groups is 1. The topological polar surface area (TPSA) is 94.6 Å². The maximum absolute atomic E-state index is 13.3. The minimum Gasteiger partial charge on any atom is -0.389 e. The van der Waals surface area contributed by atoms with Gasteiger partial charge in [-0.25, -0.2) is 0 Å². The van der Waals surface area contributed by atoms with Gasteiger partial charge in [0.05, 0.1) is 23.8 Å². The molecule has 0 atom stereocenters. The van der Waals surface area contributed by atoms with Crippen molar-refractivity contribution in [3.63, 3.8) is 0 Å². The number of pyridine rings is 1. The number of ether oxygens (including phenoxy) is 2. The smallest absolute Gasteiger partial charge is 0.223 e. The van der Waals surface area contributed by atoms with E-state index >= 15 is 0 Å². The van der Waals surface area contributed by atoms with Crippen LogP contribution in [-0.2, 0) is 27.4 Å². The number of thiocarbonyl (C=S) groups is 1. The molecule has 2 aliphatic heterocycles. The Bertz CT molecular complexity index is 1760. The van der Waals surface area contributed by atoms with Crippen LogP contribution >= 0.6 is 23.8 Å². The van der Waals surface area contributed by atoms with E-state index < -0.39 is 0 Å². The van der Waals surface area contributed by atoms with Crippen LogP contribution < -0.4 is 11.1 Å². The number of hydrogen-bond acceptors (Lipinski definition) is 6. The normalized spacial score (nSPS) is 18.6. The first-order chi connectivity index (χ1) is 23.4. The van der Waals surface area contributed by atoms with Crippen molar-refractivity contribution >= 4 is 45.6 Å². The van der Waals surface area contributed by atoms with Gasteiger partial charge in [-0.2, -0.15) is 0 Å². The van der Waals surface area contributed by atoms with E-state index in [9.17, 15) is 4.79 Å². The molecule has 0 unspecified atom stereocenters. The molecule has 1 saturated carbocycles. The zero-order valence-corrected chi connectivity index (χ0v) is 28.9. The van der Waals surface area contributed by atoms with E-state index in [0.29, 0.717) is 28.6 Å². The van der Waals surface area contributed by atoms with Crippen molar-refractivity contribution in [1.29, 1.82) is 0 Å². The Labute approximate surface area is 292 Å². The number of fused-ring (bicyclic) bond motifs is 1. The number of carbonyl (C=O) groups excluding carboxylic acids is 1. The summed E-state index contributed by atoms with van der Waals surface area (Å²) in [5.41, 5.74) is 12.3. The summed E-state index contributed by atoms with van der Waals surface area (Å²) >= 11 is 12.5. The Kier molecular flexibility index (Phi) is 10.1. The van der Waals surface area contributed by atoms with Crippen LogP contribution in [0.3, 0.4) is 0 Å². The Hall–Kier alpha value is -3.34. The minimum absolute atomic E-state index is 0.0707. The molecule has 2 saturated heterocycles. The summed E-state index contributed by atoms with van der Waals surface area (Å²) in [6.45, 7) is 6.31. The summed E-state index contributed by atoms with van der Waals surface area (Å²) in [6.07, 6.45) is 11.9. The second-order valence-corrected chi connectivity index (χ2v) is 14.6. The van der Waals surface area contributed by atoms with E-state index in [4.69, 9.17) is 39.0 Å². The van der Waals surface area contributed by atoms with Crippen LogP contribution in [0.25, 0.3) is 22.0 Å². The largest absolute Gasteiger partial charge is 0.389 e. The monoisotopic (exact) mass is 685 g/mol. The molecule has 1 spiro atoms. The van der Waals surface area contributed by atoms with Gasteiger partial charge < -0.3 is 30.0 Å². The van der Waals surface area contributed by atoms with E-state index in [1.54, 1.807) is 12.4 Å². The molecule has 3 N–H and O–H groups in total. The third-order valence-electron chi connectivity index (χ3n) is 10.7. The first kappa shape index (κ1) is 33.2. The van der Waals surface area contributed by atoms with Crippen molar-refractivity contribution < 1.29 is 14.3 Å². The second-order valence-electron chi connectivity index (χ2n) is 13.7. The lowest BCUT2D eigenvalue weighted by Crippen LogP contribution is -2.51. The van der Waals surface area contributed by atoms with Gasteiger partial charge in [0.2, 0.25) is 5.91 Å². The third-order valence-corrected chi connectivity index (χ3v) is 11.4. The first-order valence-electron chi connectivity index (χ1n) is 17.2. The molecule has 2 aromatic heterocycles. The minimum atomic E-state index is 0.0707. The Balaban J connectivity index is 0.962. The summed E-state index contributed by atoms with van der Waals surface area (Å²) in [4.78, 5) is 20.2. The van der Waals surface area contributed by atoms with E-state index in [0.717, 1.165) is 117 Å². The van der Waals surface area contributed by atoms with Crippen LogP contribution in [0.5, 0.6) is 0 Å². The molecule has 2 aromatic carbocycles. The van der Waals surface area contributed by atoms with Gasteiger partial charge in [0, 0.05) is 73.4 Å². The standard InChI is InChI=1S/C38H44ClN5O3S/c39-34-29(4-5-32-33(27-2-1-3-28(20-27)36(40)48)24-44(35(32)34)31-8-17-46-18-9-31)23-42-37(45)30-21-38(22-30)10-14-43(15-11-38)16-19-47-25-26-6-12-41-13-7-26/h1-7,12-13,20,24,30-31H,8-11,14-19,21-23,25H2,(H2,40,48)(H,42,45). The van der Waals surface area contributed by atoms with Gasteiger partial charge in [0.1, 0.15) is 4.99 Å². The number of piperidine rings is 1. The van der Waals surface area contributed by atoms with E-state index in [1.165, 1.54) is 0 Å². The summed E-state index contributed by atoms with van der Waals surface area (Å²) in [6, 6.07) is 16.5. The number of likely N-dealkylation sites (tertiary alicyclic amines) is 1. The van der Waals surface area contributed by atoms with Crippen molar-refractivity contribution in [2.75, 3.05) is 39.5 Å². The van der Waals surface area contributed by atoms with Crippen LogP contribution in [0, 0.1) is 11.3 Å². The number of nitrogens with one attached hydrogen (secondary N) is 1. The average molecular weight is 686 g/mol. The molecule has 0 radical (unpaired) electrons. The van der Waals surface area contributed by atoms with Gasteiger partial charge >= 0.3 is 0 Å². The maximum atomic E-state index is 13.3. The second kappa shape index (κ2) is 14.6. The predicted octanol–water partition coefficient (Wildman–Crippen LogP) is 6.67. The molecule has 0 bridgehead atoms. The van der Waals surface area contributed by atoms with Gasteiger partial charge in [0.25, 0.3) is 0 Å². The summed E-state index contributed by atoms with van der Waals surface area (Å²) in [5.74, 6) is 0.208. The fourth-order valence-electron chi connectivity index (χ4n) is 7.83. The van der Waals surface area contributed by atoms with Crippen LogP contribution in [0.15, 0.2) is 67.1 Å². The lowest BCUT2D eigenvalue weighted by molar-refractivity contribution is -0.135. The number of aromatic nitrogens is 2. The zero-order chi connectivity index (χ0) is 33.1. The lowest BCUT2D eigenvalue weighted by atomic mass is 9.57. The highest BCUT2D eigenvalue weighted by Gasteiger charge is 2.48. The van der Waals surface area contributed by atoms with E-state index in [-0.39, 0.29) is 17.9 Å². The first-order valence-corrected chi connectivity index (χ1v) is 17.9. The zero-order valence-electron chi connectivity index (χ0n) is 27.3. The predicted molar refractivity (Wildman–Crippen MR) is 194 cm³/mol. The fraction of sp³-hybridized carbons (Fsp3) is 0.447. The molecule has 3 fully saturated rings. The summed E-state index contributed by atoms with van der Waals surface area (Å²) in [7, 11) is 0. The lowest BCUT2D eigenvalue weighted by Gasteiger charge is -2.51. The molecule has 8 nitrogen and oxygen atoms in total. The third kappa shape index (κ3) is 7.16. The number of halogens is 1. The number of rotatable bonds is 11. The summed E-state index contributed by atoms with van der Waals surface area (Å²) in [5, 5.41) is 5.00. The van der Waals surface area contributed by atoms with Gasteiger partial charge in [-0.15, -0.1) is 0 Å². The van der Waals surface area contributed by atoms with Crippen molar-refractivity contribution in [3.05, 3.63) is 88.8 Å². The van der Waals surface area contributed by atoms with Crippen molar-refractivity contribution in [1.82, 2.24) is 19.8 Å². The quantitative estimate of drug-likeness (QED) is 0.135. The SMILES string of the molecule is NC(=S)c1cccc(-c2cn(C3CCOCC3)c3c(Cl)c(CNC(=O)C4CC5(CCN(CCOCc6ccncc6)CC5)C4)ccc23)c1. The van der Waals surface area contributed by atoms with Crippen molar-refractivity contribution in [2.45, 2.75) is 57.7 Å². The molecule has 7 rings (SSSR count). The van der Waals surface area contributed by atoms with Gasteiger partial charge in [0.15, 0.2) is 0 Å². The van der Waals surface area contributed by atoms with Gasteiger partial charge in [-0.05, 0) is 91.9 Å². The number of hydrogen-bond donors (Lipinski definition) is 2. The molecule has 4 heterocycles. The highest BCUT2D eigenvalue weighted by Crippen LogP contribution is 2.52. The molecule has 252 valence electrons. The number of benzene rings is 2. The summed E-state index contributed by atoms with van der Waals surface area (Å²) < 4.78 is 13.9. The Morgan fingerprint density at radius 1 is 1.10 bits per heavy atom.